The first-order valence-corrected chi connectivity index (χ1v) is 9.60. The topological polar surface area (TPSA) is 97.7 Å². The van der Waals surface area contributed by atoms with Crippen LogP contribution in [0.4, 0.5) is 0 Å². The third kappa shape index (κ3) is 4.79. The Morgan fingerprint density at radius 1 is 1.24 bits per heavy atom. The number of nitrogens with zero attached hydrogens (tertiary/aromatic N) is 4. The lowest BCUT2D eigenvalue weighted by atomic mass is 9.95. The number of halogens is 3. The van der Waals surface area contributed by atoms with Gasteiger partial charge < -0.3 is 14.6 Å². The van der Waals surface area contributed by atoms with Gasteiger partial charge >= 0.3 is 0 Å². The van der Waals surface area contributed by atoms with E-state index in [1.165, 1.54) is 0 Å². The quantitative estimate of drug-likeness (QED) is 0.625. The summed E-state index contributed by atoms with van der Waals surface area (Å²) in [4.78, 5) is 12.9. The molecule has 3 aromatic rings. The van der Waals surface area contributed by atoms with Crippen molar-refractivity contribution in [3.05, 3.63) is 62.5 Å². The van der Waals surface area contributed by atoms with Crippen LogP contribution in [0.5, 0.6) is 0 Å². The molecule has 2 aromatic heterocycles. The number of benzene rings is 1. The van der Waals surface area contributed by atoms with Gasteiger partial charge in [0.15, 0.2) is 5.82 Å². The molecule has 4 rings (SSSR count). The van der Waals surface area contributed by atoms with Gasteiger partial charge in [-0.2, -0.15) is 0 Å². The van der Waals surface area contributed by atoms with Crippen LogP contribution in [0.25, 0.3) is 11.4 Å². The maximum Gasteiger partial charge on any atom is 0.261 e. The third-order valence-corrected chi connectivity index (χ3v) is 5.47. The molecule has 8 nitrogen and oxygen atoms in total. The van der Waals surface area contributed by atoms with Crippen molar-refractivity contribution in [1.29, 1.82) is 0 Å². The Labute approximate surface area is 183 Å². The Morgan fingerprint density at radius 3 is 2.86 bits per heavy atom. The van der Waals surface area contributed by atoms with Gasteiger partial charge in [-0.3, -0.25) is 4.79 Å². The zero-order valence-electron chi connectivity index (χ0n) is 15.2. The molecule has 29 heavy (non-hydrogen) atoms. The van der Waals surface area contributed by atoms with E-state index in [1.54, 1.807) is 29.0 Å². The van der Waals surface area contributed by atoms with Crippen LogP contribution < -0.4 is 10.9 Å². The van der Waals surface area contributed by atoms with Gasteiger partial charge in [0.25, 0.3) is 5.56 Å². The zero-order chi connectivity index (χ0) is 19.5. The highest BCUT2D eigenvalue weighted by Crippen LogP contribution is 2.32. The van der Waals surface area contributed by atoms with Gasteiger partial charge in [-0.1, -0.05) is 29.3 Å². The largest absolute Gasteiger partial charge is 0.372 e. The Balaban J connectivity index is 0.00000240. The van der Waals surface area contributed by atoms with Crippen LogP contribution in [0, 0.1) is 5.92 Å². The highest BCUT2D eigenvalue weighted by atomic mass is 35.5. The summed E-state index contributed by atoms with van der Waals surface area (Å²) in [6.07, 6.45) is 1.54. The third-order valence-electron chi connectivity index (χ3n) is 4.73. The molecule has 1 aliphatic rings. The molecule has 0 saturated carbocycles. The van der Waals surface area contributed by atoms with Crippen LogP contribution in [-0.4, -0.2) is 44.9 Å². The number of pyridine rings is 1. The lowest BCUT2D eigenvalue weighted by Crippen LogP contribution is -2.32. The normalized spacial score (nSPS) is 19.4. The van der Waals surface area contributed by atoms with Crippen LogP contribution in [0.15, 0.2) is 41.3 Å². The van der Waals surface area contributed by atoms with E-state index >= 15 is 0 Å². The maximum absolute atomic E-state index is 12.9. The Hall–Kier alpha value is -1.97. The monoisotopic (exact) mass is 456 g/mol. The minimum absolute atomic E-state index is 0. The minimum atomic E-state index is -0.215. The molecular weight excluding hydrogens is 439 g/mol. The number of hydrogen-bond donors (Lipinski definition) is 2. The van der Waals surface area contributed by atoms with Crippen molar-refractivity contribution in [3.8, 4) is 11.4 Å². The molecule has 1 aliphatic heterocycles. The smallest absolute Gasteiger partial charge is 0.261 e. The summed E-state index contributed by atoms with van der Waals surface area (Å²) in [6, 6.07) is 9.00. The summed E-state index contributed by atoms with van der Waals surface area (Å²) in [5.41, 5.74) is 1.19. The summed E-state index contributed by atoms with van der Waals surface area (Å²) >= 11 is 12.3. The molecule has 0 spiro atoms. The Kier molecular flexibility index (Phi) is 7.26. The number of hydrogen-bond acceptors (Lipinski definition) is 6. The minimum Gasteiger partial charge on any atom is -0.372 e. The number of ether oxygens (including phenoxy) is 1. The van der Waals surface area contributed by atoms with Crippen LogP contribution in [0.3, 0.4) is 0 Å². The fraction of sp³-hybridized carbons (Fsp3) is 0.333. The molecule has 0 aliphatic carbocycles. The van der Waals surface area contributed by atoms with Gasteiger partial charge in [0.1, 0.15) is 0 Å². The average Bonchev–Trinajstić information content (AvgIpc) is 3.12. The van der Waals surface area contributed by atoms with E-state index in [1.807, 2.05) is 12.1 Å². The average molecular weight is 458 g/mol. The first-order valence-electron chi connectivity index (χ1n) is 8.84. The standard InChI is InChI=1S/C18H18Cl2N6O2.ClH/c19-14-4-3-11(8-15(14)20)16-12(9-21-5-7-28-16)10-26-6-1-2-13(18(26)27)17-22-24-25-23-17;/h1-4,6,8,12,16,21H,5,7,9-10H2,(H,22,23,24,25);1H/t12-,16-;/m0./s1. The zero-order valence-corrected chi connectivity index (χ0v) is 17.5. The Morgan fingerprint density at radius 2 is 2.10 bits per heavy atom. The number of rotatable bonds is 4. The molecule has 1 saturated heterocycles. The molecular formula is C18H19Cl3N6O2. The molecule has 0 unspecified atom stereocenters. The van der Waals surface area contributed by atoms with Crippen LogP contribution in [0.1, 0.15) is 11.7 Å². The lowest BCUT2D eigenvalue weighted by molar-refractivity contribution is 0.0251. The number of aromatic nitrogens is 5. The highest BCUT2D eigenvalue weighted by Gasteiger charge is 2.27. The molecule has 154 valence electrons. The SMILES string of the molecule is Cl.O=c1c(-c2nnn[nH]2)cccn1C[C@@H]1CNCCO[C@H]1c1ccc(Cl)c(Cl)c1. The van der Waals surface area contributed by atoms with E-state index in [0.29, 0.717) is 41.1 Å². The molecule has 1 fully saturated rings. The molecule has 2 atom stereocenters. The fourth-order valence-electron chi connectivity index (χ4n) is 3.39. The molecule has 3 heterocycles. The summed E-state index contributed by atoms with van der Waals surface area (Å²) in [6.45, 7) is 2.48. The maximum atomic E-state index is 12.9. The molecule has 0 amide bonds. The van der Waals surface area contributed by atoms with Gasteiger partial charge in [0.05, 0.1) is 28.3 Å². The molecule has 2 N–H and O–H groups in total. The van der Waals surface area contributed by atoms with E-state index in [-0.39, 0.29) is 30.0 Å². The van der Waals surface area contributed by atoms with Crippen LogP contribution in [0.2, 0.25) is 10.0 Å². The van der Waals surface area contributed by atoms with Gasteiger partial charge in [-0.25, -0.2) is 5.10 Å². The molecule has 0 radical (unpaired) electrons. The second kappa shape index (κ2) is 9.69. The lowest BCUT2D eigenvalue weighted by Gasteiger charge is -2.26. The number of tetrazole rings is 1. The van der Waals surface area contributed by atoms with E-state index in [0.717, 1.165) is 12.1 Å². The molecule has 0 bridgehead atoms. The summed E-state index contributed by atoms with van der Waals surface area (Å²) < 4.78 is 7.75. The van der Waals surface area contributed by atoms with Crippen LogP contribution >= 0.6 is 35.6 Å². The van der Waals surface area contributed by atoms with Crippen molar-refractivity contribution in [3.63, 3.8) is 0 Å². The second-order valence-electron chi connectivity index (χ2n) is 6.56. The van der Waals surface area contributed by atoms with Crippen LogP contribution in [-0.2, 0) is 11.3 Å². The van der Waals surface area contributed by atoms with Gasteiger partial charge in [0.2, 0.25) is 0 Å². The predicted octanol–water partition coefficient (Wildman–Crippen LogP) is 2.73. The van der Waals surface area contributed by atoms with E-state index in [4.69, 9.17) is 27.9 Å². The molecule has 1 aromatic carbocycles. The van der Waals surface area contributed by atoms with Gasteiger partial charge in [-0.15, -0.1) is 17.5 Å². The van der Waals surface area contributed by atoms with Gasteiger partial charge in [-0.05, 0) is 40.3 Å². The first kappa shape index (κ1) is 21.7. The van der Waals surface area contributed by atoms with Crippen molar-refractivity contribution >= 4 is 35.6 Å². The highest BCUT2D eigenvalue weighted by molar-refractivity contribution is 6.42. The van der Waals surface area contributed by atoms with E-state index in [2.05, 4.69) is 25.9 Å². The second-order valence-corrected chi connectivity index (χ2v) is 7.37. The number of aromatic amines is 1. The van der Waals surface area contributed by atoms with E-state index in [9.17, 15) is 4.79 Å². The van der Waals surface area contributed by atoms with Crippen molar-refractivity contribution in [2.75, 3.05) is 19.7 Å². The fourth-order valence-corrected chi connectivity index (χ4v) is 3.70. The van der Waals surface area contributed by atoms with Gasteiger partial charge in [0, 0.05) is 31.7 Å². The molecule has 11 heteroatoms. The summed E-state index contributed by atoms with van der Waals surface area (Å²) in [5, 5.41) is 17.9. The van der Waals surface area contributed by atoms with E-state index < -0.39 is 0 Å². The number of nitrogens with one attached hydrogen (secondary N) is 2. The number of H-pyrrole nitrogens is 1. The summed E-state index contributed by atoms with van der Waals surface area (Å²) in [7, 11) is 0. The van der Waals surface area contributed by atoms with Crippen molar-refractivity contribution in [2.24, 2.45) is 5.92 Å². The first-order chi connectivity index (χ1) is 13.6. The Bertz CT molecular complexity index is 1010. The predicted molar refractivity (Wildman–Crippen MR) is 113 cm³/mol. The van der Waals surface area contributed by atoms with Crippen molar-refractivity contribution in [1.82, 2.24) is 30.5 Å². The summed E-state index contributed by atoms with van der Waals surface area (Å²) in [5.74, 6) is 0.358. The van der Waals surface area contributed by atoms with Crippen molar-refractivity contribution < 1.29 is 4.74 Å². The van der Waals surface area contributed by atoms with Crippen molar-refractivity contribution in [2.45, 2.75) is 12.6 Å².